The molecule has 0 saturated heterocycles. The third-order valence-electron chi connectivity index (χ3n) is 4.45. The normalized spacial score (nSPS) is 19.3. The zero-order chi connectivity index (χ0) is 22.4. The van der Waals surface area contributed by atoms with Crippen molar-refractivity contribution in [3.05, 3.63) is 41.4 Å². The molecule has 1 aromatic rings. The fraction of sp³-hybridized carbons (Fsp3) is 0.500. The van der Waals surface area contributed by atoms with Crippen molar-refractivity contribution >= 4 is 11.5 Å². The standard InChI is InChI=1S/C18H17F8NO2/c1-15(2)7-11(27-10-5-3-9(19)4-6-10)13(12(28)8-15)14(29)16(20,21)17(22,23)18(24,25)26/h3-6,14,27,29H,7-8H2,1-2H3. The summed E-state index contributed by atoms with van der Waals surface area (Å²) in [5, 5.41) is 12.3. The van der Waals surface area contributed by atoms with Gasteiger partial charge in [0.05, 0.1) is 0 Å². The highest BCUT2D eigenvalue weighted by Gasteiger charge is 2.76. The lowest BCUT2D eigenvalue weighted by atomic mass is 9.73. The Morgan fingerprint density at radius 2 is 1.52 bits per heavy atom. The van der Waals surface area contributed by atoms with Crippen LogP contribution in [-0.4, -0.2) is 35.0 Å². The van der Waals surface area contributed by atoms with Gasteiger partial charge in [0.15, 0.2) is 11.9 Å². The van der Waals surface area contributed by atoms with Crippen LogP contribution in [0, 0.1) is 11.2 Å². The number of allylic oxidation sites excluding steroid dienone is 1. The van der Waals surface area contributed by atoms with Crippen LogP contribution in [0.25, 0.3) is 0 Å². The van der Waals surface area contributed by atoms with Gasteiger partial charge in [-0.3, -0.25) is 4.79 Å². The number of hydrogen-bond acceptors (Lipinski definition) is 3. The number of carbonyl (C=O) groups excluding carboxylic acids is 1. The van der Waals surface area contributed by atoms with E-state index in [0.29, 0.717) is 0 Å². The van der Waals surface area contributed by atoms with Gasteiger partial charge in [0.1, 0.15) is 5.82 Å². The number of ketones is 1. The fourth-order valence-electron chi connectivity index (χ4n) is 3.01. The zero-order valence-corrected chi connectivity index (χ0v) is 15.2. The number of aliphatic hydroxyl groups excluding tert-OH is 1. The number of halogens is 8. The Kier molecular flexibility index (Phi) is 5.79. The van der Waals surface area contributed by atoms with Gasteiger partial charge >= 0.3 is 18.0 Å². The van der Waals surface area contributed by atoms with Gasteiger partial charge in [-0.05, 0) is 36.1 Å². The Labute approximate surface area is 160 Å². The minimum absolute atomic E-state index is 0.0579. The van der Waals surface area contributed by atoms with Crippen LogP contribution in [0.4, 0.5) is 40.8 Å². The van der Waals surface area contributed by atoms with E-state index in [1.54, 1.807) is 13.8 Å². The van der Waals surface area contributed by atoms with Crippen molar-refractivity contribution in [2.24, 2.45) is 5.41 Å². The summed E-state index contributed by atoms with van der Waals surface area (Å²) in [4.78, 5) is 12.4. The molecule has 0 amide bonds. The van der Waals surface area contributed by atoms with Crippen LogP contribution in [0.1, 0.15) is 26.7 Å². The predicted molar refractivity (Wildman–Crippen MR) is 87.0 cm³/mol. The second-order valence-electron chi connectivity index (χ2n) is 7.56. The first kappa shape index (κ1) is 23.1. The van der Waals surface area contributed by atoms with E-state index >= 15 is 0 Å². The molecule has 162 valence electrons. The van der Waals surface area contributed by atoms with Crippen LogP contribution in [-0.2, 0) is 4.79 Å². The lowest BCUT2D eigenvalue weighted by molar-refractivity contribution is -0.367. The molecule has 0 radical (unpaired) electrons. The molecule has 0 fully saturated rings. The average molecular weight is 431 g/mol. The molecule has 0 aromatic heterocycles. The highest BCUT2D eigenvalue weighted by Crippen LogP contribution is 2.51. The molecule has 1 atom stereocenters. The van der Waals surface area contributed by atoms with E-state index in [1.165, 1.54) is 0 Å². The first-order chi connectivity index (χ1) is 13.0. The summed E-state index contributed by atoms with van der Waals surface area (Å²) in [5.74, 6) is -14.4. The molecule has 2 N–H and O–H groups in total. The van der Waals surface area contributed by atoms with E-state index in [-0.39, 0.29) is 12.1 Å². The van der Waals surface area contributed by atoms with E-state index in [1.807, 2.05) is 0 Å². The molecule has 2 rings (SSSR count). The minimum Gasteiger partial charge on any atom is -0.382 e. The number of alkyl halides is 7. The molecular formula is C18H17F8NO2. The summed E-state index contributed by atoms with van der Waals surface area (Å²) in [6.45, 7) is 3.09. The number of nitrogens with one attached hydrogen (secondary N) is 1. The second-order valence-corrected chi connectivity index (χ2v) is 7.56. The summed E-state index contributed by atoms with van der Waals surface area (Å²) >= 11 is 0. The van der Waals surface area contributed by atoms with Gasteiger partial charge < -0.3 is 10.4 Å². The van der Waals surface area contributed by atoms with E-state index in [9.17, 15) is 45.0 Å². The van der Waals surface area contributed by atoms with Crippen molar-refractivity contribution in [1.82, 2.24) is 0 Å². The number of aliphatic hydroxyl groups is 1. The Morgan fingerprint density at radius 3 is 2.00 bits per heavy atom. The molecule has 11 heteroatoms. The Hall–Kier alpha value is -2.17. The van der Waals surface area contributed by atoms with Crippen LogP contribution in [0.5, 0.6) is 0 Å². The van der Waals surface area contributed by atoms with Crippen molar-refractivity contribution in [2.45, 2.75) is 50.8 Å². The van der Waals surface area contributed by atoms with Crippen molar-refractivity contribution in [3.63, 3.8) is 0 Å². The van der Waals surface area contributed by atoms with E-state index in [0.717, 1.165) is 24.3 Å². The highest BCUT2D eigenvalue weighted by atomic mass is 19.4. The molecule has 1 aliphatic rings. The maximum atomic E-state index is 14.0. The summed E-state index contributed by atoms with van der Waals surface area (Å²) in [6.07, 6.45) is -11.0. The molecular weight excluding hydrogens is 414 g/mol. The van der Waals surface area contributed by atoms with E-state index in [2.05, 4.69) is 5.32 Å². The molecule has 0 heterocycles. The quantitative estimate of drug-likeness (QED) is 0.640. The van der Waals surface area contributed by atoms with Crippen molar-refractivity contribution < 1.29 is 45.0 Å². The van der Waals surface area contributed by atoms with Gasteiger partial charge in [0.25, 0.3) is 0 Å². The van der Waals surface area contributed by atoms with Crippen molar-refractivity contribution in [1.29, 1.82) is 0 Å². The van der Waals surface area contributed by atoms with Gasteiger partial charge in [-0.1, -0.05) is 13.8 Å². The number of carbonyl (C=O) groups is 1. The maximum Gasteiger partial charge on any atom is 0.459 e. The lowest BCUT2D eigenvalue weighted by Crippen LogP contribution is -2.59. The third-order valence-corrected chi connectivity index (χ3v) is 4.45. The molecule has 1 unspecified atom stereocenters. The van der Waals surface area contributed by atoms with Gasteiger partial charge in [-0.25, -0.2) is 4.39 Å². The number of Topliss-reactive ketones (excluding diaryl/α,β-unsaturated/α-hetero) is 1. The fourth-order valence-corrected chi connectivity index (χ4v) is 3.01. The first-order valence-corrected chi connectivity index (χ1v) is 8.29. The summed E-state index contributed by atoms with van der Waals surface area (Å²) < 4.78 is 105. The number of hydrogen-bond donors (Lipinski definition) is 2. The monoisotopic (exact) mass is 431 g/mol. The number of anilines is 1. The lowest BCUT2D eigenvalue weighted by Gasteiger charge is -2.37. The number of rotatable bonds is 5. The highest BCUT2D eigenvalue weighted by molar-refractivity contribution is 5.99. The van der Waals surface area contributed by atoms with Gasteiger partial charge in [0.2, 0.25) is 0 Å². The van der Waals surface area contributed by atoms with Crippen LogP contribution < -0.4 is 5.32 Å². The van der Waals surface area contributed by atoms with Gasteiger partial charge in [-0.2, -0.15) is 30.7 Å². The largest absolute Gasteiger partial charge is 0.459 e. The third kappa shape index (κ3) is 4.39. The van der Waals surface area contributed by atoms with Crippen molar-refractivity contribution in [3.8, 4) is 0 Å². The Balaban J connectivity index is 2.56. The second kappa shape index (κ2) is 7.26. The van der Waals surface area contributed by atoms with E-state index < -0.39 is 58.8 Å². The molecule has 0 bridgehead atoms. The molecule has 3 nitrogen and oxygen atoms in total. The molecule has 0 saturated carbocycles. The van der Waals surface area contributed by atoms with Crippen LogP contribution in [0.3, 0.4) is 0 Å². The summed E-state index contributed by atoms with van der Waals surface area (Å²) in [5.41, 5.74) is -2.50. The van der Waals surface area contributed by atoms with Crippen LogP contribution in [0.15, 0.2) is 35.5 Å². The summed E-state index contributed by atoms with van der Waals surface area (Å²) in [6, 6.07) is 4.23. The van der Waals surface area contributed by atoms with Gasteiger partial charge in [-0.15, -0.1) is 0 Å². The summed E-state index contributed by atoms with van der Waals surface area (Å²) in [7, 11) is 0. The molecule has 1 aliphatic carbocycles. The zero-order valence-electron chi connectivity index (χ0n) is 15.2. The minimum atomic E-state index is -6.65. The average Bonchev–Trinajstić information content (AvgIpc) is 2.54. The Morgan fingerprint density at radius 1 is 1.00 bits per heavy atom. The molecule has 0 spiro atoms. The molecule has 0 aliphatic heterocycles. The molecule has 1 aromatic carbocycles. The topological polar surface area (TPSA) is 49.3 Å². The molecule has 29 heavy (non-hydrogen) atoms. The van der Waals surface area contributed by atoms with Crippen LogP contribution in [0.2, 0.25) is 0 Å². The van der Waals surface area contributed by atoms with Gasteiger partial charge in [0, 0.05) is 23.4 Å². The maximum absolute atomic E-state index is 14.0. The number of benzene rings is 1. The van der Waals surface area contributed by atoms with E-state index in [4.69, 9.17) is 0 Å². The smallest absolute Gasteiger partial charge is 0.382 e. The SMILES string of the molecule is CC1(C)CC(=O)C(C(O)C(F)(F)C(F)(F)C(F)(F)F)=C(Nc2ccc(F)cc2)C1. The first-order valence-electron chi connectivity index (χ1n) is 8.29. The van der Waals surface area contributed by atoms with Crippen LogP contribution >= 0.6 is 0 Å². The predicted octanol–water partition coefficient (Wildman–Crippen LogP) is 5.07. The Bertz CT molecular complexity index is 812. The van der Waals surface area contributed by atoms with Crippen molar-refractivity contribution in [2.75, 3.05) is 5.32 Å².